The molecule has 0 aromatic carbocycles. The predicted molar refractivity (Wildman–Crippen MR) is 53.0 cm³/mol. The van der Waals surface area contributed by atoms with Gasteiger partial charge in [0.1, 0.15) is 5.60 Å². The highest BCUT2D eigenvalue weighted by atomic mass is 16.5. The van der Waals surface area contributed by atoms with Crippen molar-refractivity contribution in [2.75, 3.05) is 26.7 Å². The van der Waals surface area contributed by atoms with Crippen LogP contribution in [-0.4, -0.2) is 49.2 Å². The molecular weight excluding hydrogens is 180 g/mol. The third-order valence-corrected chi connectivity index (χ3v) is 3.30. The van der Waals surface area contributed by atoms with Crippen LogP contribution < -0.4 is 5.32 Å². The minimum absolute atomic E-state index is 0.140. The zero-order valence-electron chi connectivity index (χ0n) is 8.88. The summed E-state index contributed by atoms with van der Waals surface area (Å²) in [6.07, 6.45) is 1.86. The molecule has 80 valence electrons. The first-order valence-corrected chi connectivity index (χ1v) is 5.25. The molecule has 0 aromatic rings. The minimum Gasteiger partial charge on any atom is -0.365 e. The number of hydrogen-bond acceptors (Lipinski definition) is 3. The summed E-state index contributed by atoms with van der Waals surface area (Å²) >= 11 is 0. The zero-order valence-corrected chi connectivity index (χ0v) is 8.88. The van der Waals surface area contributed by atoms with Crippen LogP contribution in [0.25, 0.3) is 0 Å². The van der Waals surface area contributed by atoms with Gasteiger partial charge in [-0.2, -0.15) is 0 Å². The molecule has 14 heavy (non-hydrogen) atoms. The molecule has 1 amide bonds. The van der Waals surface area contributed by atoms with E-state index in [1.54, 1.807) is 0 Å². The van der Waals surface area contributed by atoms with E-state index in [1.807, 2.05) is 18.9 Å². The molecule has 2 rings (SSSR count). The molecule has 0 aromatic heterocycles. The molecule has 4 nitrogen and oxygen atoms in total. The smallest absolute Gasteiger partial charge is 0.254 e. The van der Waals surface area contributed by atoms with E-state index in [1.165, 1.54) is 0 Å². The molecule has 0 saturated carbocycles. The summed E-state index contributed by atoms with van der Waals surface area (Å²) in [6, 6.07) is 0.364. The van der Waals surface area contributed by atoms with E-state index in [-0.39, 0.29) is 5.91 Å². The van der Waals surface area contributed by atoms with Crippen LogP contribution in [0.4, 0.5) is 0 Å². The molecular formula is C10H18N2O2. The van der Waals surface area contributed by atoms with Gasteiger partial charge in [-0.15, -0.1) is 0 Å². The van der Waals surface area contributed by atoms with Gasteiger partial charge in [0.2, 0.25) is 0 Å². The fraction of sp³-hybridized carbons (Fsp3) is 0.900. The predicted octanol–water partition coefficient (Wildman–Crippen LogP) is -0.0143. The molecule has 2 fully saturated rings. The standard InChI is InChI=1S/C10H18N2O2/c1-10(4-3-5-14-10)9(13)12(2)8-6-11-7-8/h8,11H,3-7H2,1-2H3. The third-order valence-electron chi connectivity index (χ3n) is 3.30. The van der Waals surface area contributed by atoms with Crippen molar-refractivity contribution in [3.8, 4) is 0 Å². The van der Waals surface area contributed by atoms with E-state index in [9.17, 15) is 4.79 Å². The average Bonchev–Trinajstić information content (AvgIpc) is 2.49. The number of hydrogen-bond donors (Lipinski definition) is 1. The molecule has 2 saturated heterocycles. The summed E-state index contributed by atoms with van der Waals surface area (Å²) in [4.78, 5) is 13.9. The Morgan fingerprint density at radius 1 is 1.57 bits per heavy atom. The number of carbonyl (C=O) groups excluding carboxylic acids is 1. The summed E-state index contributed by atoms with van der Waals surface area (Å²) in [6.45, 7) is 4.46. The van der Waals surface area contributed by atoms with E-state index < -0.39 is 5.60 Å². The Morgan fingerprint density at radius 2 is 2.29 bits per heavy atom. The van der Waals surface area contributed by atoms with Crippen molar-refractivity contribution in [2.45, 2.75) is 31.4 Å². The van der Waals surface area contributed by atoms with Crippen molar-refractivity contribution in [3.05, 3.63) is 0 Å². The number of rotatable bonds is 2. The Hall–Kier alpha value is -0.610. The van der Waals surface area contributed by atoms with Crippen LogP contribution >= 0.6 is 0 Å². The van der Waals surface area contributed by atoms with Crippen LogP contribution in [0.3, 0.4) is 0 Å². The molecule has 0 bridgehead atoms. The van der Waals surface area contributed by atoms with Crippen LogP contribution in [0.5, 0.6) is 0 Å². The van der Waals surface area contributed by atoms with Gasteiger partial charge in [-0.05, 0) is 19.8 Å². The lowest BCUT2D eigenvalue weighted by molar-refractivity contribution is -0.152. The van der Waals surface area contributed by atoms with Crippen molar-refractivity contribution < 1.29 is 9.53 Å². The van der Waals surface area contributed by atoms with Gasteiger partial charge in [-0.1, -0.05) is 0 Å². The van der Waals surface area contributed by atoms with Crippen molar-refractivity contribution in [1.29, 1.82) is 0 Å². The Balaban J connectivity index is 1.98. The number of nitrogens with one attached hydrogen (secondary N) is 1. The van der Waals surface area contributed by atoms with E-state index in [4.69, 9.17) is 4.74 Å². The number of ether oxygens (including phenoxy) is 1. The van der Waals surface area contributed by atoms with Gasteiger partial charge in [0.05, 0.1) is 6.04 Å². The Morgan fingerprint density at radius 3 is 2.71 bits per heavy atom. The van der Waals surface area contributed by atoms with E-state index >= 15 is 0 Å². The third kappa shape index (κ3) is 1.53. The summed E-state index contributed by atoms with van der Waals surface area (Å²) in [5, 5.41) is 3.17. The van der Waals surface area contributed by atoms with Crippen molar-refractivity contribution in [1.82, 2.24) is 10.2 Å². The van der Waals surface area contributed by atoms with Crippen molar-refractivity contribution in [3.63, 3.8) is 0 Å². The fourth-order valence-corrected chi connectivity index (χ4v) is 2.03. The Labute approximate surface area is 84.6 Å². The van der Waals surface area contributed by atoms with E-state index in [2.05, 4.69) is 5.32 Å². The lowest BCUT2D eigenvalue weighted by atomic mass is 9.99. The summed E-state index contributed by atoms with van der Waals surface area (Å²) in [5.74, 6) is 0.140. The highest BCUT2D eigenvalue weighted by Gasteiger charge is 2.42. The Kier molecular flexibility index (Phi) is 2.49. The fourth-order valence-electron chi connectivity index (χ4n) is 2.03. The zero-order chi connectivity index (χ0) is 10.2. The van der Waals surface area contributed by atoms with Crippen LogP contribution in [0.2, 0.25) is 0 Å². The molecule has 1 N–H and O–H groups in total. The van der Waals surface area contributed by atoms with Gasteiger partial charge in [0.25, 0.3) is 5.91 Å². The lowest BCUT2D eigenvalue weighted by Gasteiger charge is -2.39. The molecule has 0 aliphatic carbocycles. The quantitative estimate of drug-likeness (QED) is 0.678. The maximum Gasteiger partial charge on any atom is 0.254 e. The lowest BCUT2D eigenvalue weighted by Crippen LogP contribution is -2.60. The summed E-state index contributed by atoms with van der Waals surface area (Å²) in [5.41, 5.74) is -0.551. The van der Waals surface area contributed by atoms with Crippen molar-refractivity contribution >= 4 is 5.91 Å². The molecule has 4 heteroatoms. The first-order chi connectivity index (χ1) is 6.63. The number of carbonyl (C=O) groups is 1. The van der Waals surface area contributed by atoms with E-state index in [0.29, 0.717) is 6.04 Å². The number of amides is 1. The highest BCUT2D eigenvalue weighted by Crippen LogP contribution is 2.27. The molecule has 0 spiro atoms. The second-order valence-electron chi connectivity index (χ2n) is 4.41. The maximum atomic E-state index is 12.1. The van der Waals surface area contributed by atoms with Gasteiger partial charge in [0.15, 0.2) is 0 Å². The average molecular weight is 198 g/mol. The number of likely N-dealkylation sites (N-methyl/N-ethyl adjacent to an activating group) is 1. The Bertz CT molecular complexity index is 232. The molecule has 2 aliphatic heterocycles. The van der Waals surface area contributed by atoms with Crippen LogP contribution in [-0.2, 0) is 9.53 Å². The monoisotopic (exact) mass is 198 g/mol. The van der Waals surface area contributed by atoms with Crippen LogP contribution in [0, 0.1) is 0 Å². The van der Waals surface area contributed by atoms with Gasteiger partial charge >= 0.3 is 0 Å². The molecule has 2 aliphatic rings. The molecule has 1 unspecified atom stereocenters. The summed E-state index contributed by atoms with van der Waals surface area (Å²) < 4.78 is 5.53. The van der Waals surface area contributed by atoms with Gasteiger partial charge < -0.3 is 15.0 Å². The molecule has 2 heterocycles. The topological polar surface area (TPSA) is 41.6 Å². The second-order valence-corrected chi connectivity index (χ2v) is 4.41. The maximum absolute atomic E-state index is 12.1. The minimum atomic E-state index is -0.551. The van der Waals surface area contributed by atoms with Gasteiger partial charge in [-0.25, -0.2) is 0 Å². The molecule has 1 atom stereocenters. The highest BCUT2D eigenvalue weighted by molar-refractivity contribution is 5.85. The van der Waals surface area contributed by atoms with Crippen LogP contribution in [0.1, 0.15) is 19.8 Å². The summed E-state index contributed by atoms with van der Waals surface area (Å²) in [7, 11) is 1.88. The van der Waals surface area contributed by atoms with Gasteiger partial charge in [-0.3, -0.25) is 4.79 Å². The van der Waals surface area contributed by atoms with E-state index in [0.717, 1.165) is 32.5 Å². The van der Waals surface area contributed by atoms with Crippen molar-refractivity contribution in [2.24, 2.45) is 0 Å². The molecule has 0 radical (unpaired) electrons. The largest absolute Gasteiger partial charge is 0.365 e. The SMILES string of the molecule is CN(C(=O)C1(C)CCCO1)C1CNC1. The van der Waals surface area contributed by atoms with Crippen LogP contribution in [0.15, 0.2) is 0 Å². The van der Waals surface area contributed by atoms with Gasteiger partial charge in [0, 0.05) is 26.7 Å². The number of nitrogens with zero attached hydrogens (tertiary/aromatic N) is 1. The second kappa shape index (κ2) is 3.51. The normalized spacial score (nSPS) is 32.7. The first kappa shape index (κ1) is 9.93. The first-order valence-electron chi connectivity index (χ1n) is 5.25.